The van der Waals surface area contributed by atoms with Gasteiger partial charge in [0.25, 0.3) is 0 Å². The van der Waals surface area contributed by atoms with Crippen LogP contribution in [0.4, 0.5) is 0 Å². The van der Waals surface area contributed by atoms with Crippen molar-refractivity contribution in [3.8, 4) is 0 Å². The van der Waals surface area contributed by atoms with Crippen molar-refractivity contribution in [3.05, 3.63) is 0 Å². The summed E-state index contributed by atoms with van der Waals surface area (Å²) in [5.41, 5.74) is 5.16. The van der Waals surface area contributed by atoms with Crippen LogP contribution in [0.1, 0.15) is 33.6 Å². The first kappa shape index (κ1) is 16.4. The van der Waals surface area contributed by atoms with Crippen LogP contribution in [-0.2, 0) is 19.1 Å². The highest BCUT2D eigenvalue weighted by molar-refractivity contribution is 5.88. The lowest BCUT2D eigenvalue weighted by molar-refractivity contribution is -0.145. The second-order valence-electron chi connectivity index (χ2n) is 5.88. The third-order valence-electron chi connectivity index (χ3n) is 3.33. The van der Waals surface area contributed by atoms with Gasteiger partial charge in [-0.2, -0.15) is 0 Å². The number of carbonyl (C=O) groups is 3. The van der Waals surface area contributed by atoms with Crippen molar-refractivity contribution < 1.29 is 19.1 Å². The summed E-state index contributed by atoms with van der Waals surface area (Å²) in [6.07, 6.45) is 0.813. The Hall–Kier alpha value is -1.63. The van der Waals surface area contributed by atoms with Crippen molar-refractivity contribution in [2.24, 2.45) is 11.7 Å². The first-order chi connectivity index (χ1) is 9.16. The number of nitrogens with two attached hydrogens (primary N) is 1. The molecule has 114 valence electrons. The molecule has 7 nitrogen and oxygen atoms in total. The molecule has 1 fully saturated rings. The summed E-state index contributed by atoms with van der Waals surface area (Å²) in [4.78, 5) is 35.2. The maximum absolute atomic E-state index is 11.9. The quantitative estimate of drug-likeness (QED) is 0.578. The van der Waals surface area contributed by atoms with Crippen LogP contribution in [0.5, 0.6) is 0 Å². The second-order valence-corrected chi connectivity index (χ2v) is 5.88. The Bertz CT molecular complexity index is 406. The molecule has 2 amide bonds. The molecular weight excluding hydrogens is 262 g/mol. The maximum Gasteiger partial charge on any atom is 0.328 e. The SMILES string of the molecule is COC(=O)[C@H](C[C@@H]1CC(C)(C)NC1=O)NC(=O)[C@H](C)N. The Morgan fingerprint density at radius 3 is 2.55 bits per heavy atom. The molecule has 0 saturated carbocycles. The molecule has 1 aliphatic heterocycles. The van der Waals surface area contributed by atoms with Crippen LogP contribution in [0.3, 0.4) is 0 Å². The Morgan fingerprint density at radius 2 is 2.15 bits per heavy atom. The van der Waals surface area contributed by atoms with Crippen LogP contribution < -0.4 is 16.4 Å². The fourth-order valence-electron chi connectivity index (χ4n) is 2.33. The summed E-state index contributed by atoms with van der Waals surface area (Å²) < 4.78 is 4.66. The number of esters is 1. The van der Waals surface area contributed by atoms with Gasteiger partial charge in [0.1, 0.15) is 6.04 Å². The lowest BCUT2D eigenvalue weighted by atomic mass is 9.91. The molecule has 1 heterocycles. The number of carbonyl (C=O) groups excluding carboxylic acids is 3. The molecule has 1 rings (SSSR count). The minimum Gasteiger partial charge on any atom is -0.467 e. The van der Waals surface area contributed by atoms with Crippen LogP contribution in [0, 0.1) is 5.92 Å². The molecule has 0 aromatic rings. The summed E-state index contributed by atoms with van der Waals surface area (Å²) in [6.45, 7) is 5.35. The smallest absolute Gasteiger partial charge is 0.328 e. The van der Waals surface area contributed by atoms with E-state index in [9.17, 15) is 14.4 Å². The van der Waals surface area contributed by atoms with Gasteiger partial charge in [0.05, 0.1) is 13.2 Å². The van der Waals surface area contributed by atoms with E-state index in [1.54, 1.807) is 0 Å². The van der Waals surface area contributed by atoms with E-state index in [1.807, 2.05) is 13.8 Å². The molecule has 0 aromatic carbocycles. The van der Waals surface area contributed by atoms with Crippen LogP contribution in [0.2, 0.25) is 0 Å². The number of hydrogen-bond donors (Lipinski definition) is 3. The molecule has 7 heteroatoms. The summed E-state index contributed by atoms with van der Waals surface area (Å²) in [5, 5.41) is 5.38. The topological polar surface area (TPSA) is 111 Å². The lowest BCUT2D eigenvalue weighted by Crippen LogP contribution is -2.48. The van der Waals surface area contributed by atoms with Crippen LogP contribution >= 0.6 is 0 Å². The van der Waals surface area contributed by atoms with Crippen molar-refractivity contribution in [3.63, 3.8) is 0 Å². The average Bonchev–Trinajstić information content (AvgIpc) is 2.60. The van der Waals surface area contributed by atoms with Crippen LogP contribution in [0.15, 0.2) is 0 Å². The van der Waals surface area contributed by atoms with Crippen molar-refractivity contribution in [2.75, 3.05) is 7.11 Å². The maximum atomic E-state index is 11.9. The van der Waals surface area contributed by atoms with E-state index in [-0.39, 0.29) is 23.8 Å². The highest BCUT2D eigenvalue weighted by atomic mass is 16.5. The number of methoxy groups -OCH3 is 1. The van der Waals surface area contributed by atoms with E-state index in [0.29, 0.717) is 6.42 Å². The molecule has 3 atom stereocenters. The first-order valence-electron chi connectivity index (χ1n) is 6.62. The number of amides is 2. The average molecular weight is 285 g/mol. The highest BCUT2D eigenvalue weighted by Crippen LogP contribution is 2.28. The zero-order valence-corrected chi connectivity index (χ0v) is 12.4. The van der Waals surface area contributed by atoms with Crippen molar-refractivity contribution in [2.45, 2.75) is 51.2 Å². The van der Waals surface area contributed by atoms with Gasteiger partial charge < -0.3 is 21.1 Å². The van der Waals surface area contributed by atoms with Crippen molar-refractivity contribution in [1.82, 2.24) is 10.6 Å². The number of rotatable bonds is 5. The molecule has 0 unspecified atom stereocenters. The number of ether oxygens (including phenoxy) is 1. The molecular formula is C13H23N3O4. The Balaban J connectivity index is 2.73. The van der Waals surface area contributed by atoms with Gasteiger partial charge in [-0.1, -0.05) is 0 Å². The van der Waals surface area contributed by atoms with Gasteiger partial charge >= 0.3 is 5.97 Å². The predicted molar refractivity (Wildman–Crippen MR) is 72.5 cm³/mol. The molecule has 1 aliphatic rings. The standard InChI is InChI=1S/C13H23N3O4/c1-7(14)10(17)15-9(12(19)20-4)5-8-6-13(2,3)16-11(8)18/h7-9H,5-6,14H2,1-4H3,(H,15,17)(H,16,18)/t7-,8+,9-/m0/s1. The second kappa shape index (κ2) is 6.21. The zero-order valence-electron chi connectivity index (χ0n) is 12.4. The number of hydrogen-bond acceptors (Lipinski definition) is 5. The zero-order chi connectivity index (χ0) is 15.5. The number of nitrogens with one attached hydrogen (secondary N) is 2. The first-order valence-corrected chi connectivity index (χ1v) is 6.62. The van der Waals surface area contributed by atoms with E-state index < -0.39 is 24.0 Å². The van der Waals surface area contributed by atoms with E-state index in [2.05, 4.69) is 15.4 Å². The van der Waals surface area contributed by atoms with E-state index in [0.717, 1.165) is 0 Å². The third-order valence-corrected chi connectivity index (χ3v) is 3.33. The van der Waals surface area contributed by atoms with Gasteiger partial charge in [0.15, 0.2) is 0 Å². The molecule has 20 heavy (non-hydrogen) atoms. The van der Waals surface area contributed by atoms with Gasteiger partial charge in [0.2, 0.25) is 11.8 Å². The van der Waals surface area contributed by atoms with E-state index in [4.69, 9.17) is 5.73 Å². The monoisotopic (exact) mass is 285 g/mol. The molecule has 0 spiro atoms. The minimum atomic E-state index is -0.858. The Kier molecular flexibility index (Phi) is 5.10. The lowest BCUT2D eigenvalue weighted by Gasteiger charge is -2.20. The van der Waals surface area contributed by atoms with Gasteiger partial charge in [-0.3, -0.25) is 9.59 Å². The summed E-state index contributed by atoms with van der Waals surface area (Å²) in [6, 6.07) is -1.58. The fourth-order valence-corrected chi connectivity index (χ4v) is 2.33. The van der Waals surface area contributed by atoms with E-state index in [1.165, 1.54) is 14.0 Å². The normalized spacial score (nSPS) is 23.6. The van der Waals surface area contributed by atoms with E-state index >= 15 is 0 Å². The molecule has 4 N–H and O–H groups in total. The van der Waals surface area contributed by atoms with Gasteiger partial charge in [0, 0.05) is 11.5 Å². The fraction of sp³-hybridized carbons (Fsp3) is 0.769. The molecule has 0 aromatic heterocycles. The van der Waals surface area contributed by atoms with Crippen molar-refractivity contribution >= 4 is 17.8 Å². The summed E-state index contributed by atoms with van der Waals surface area (Å²) in [7, 11) is 1.24. The molecule has 1 saturated heterocycles. The molecule has 0 radical (unpaired) electrons. The van der Waals surface area contributed by atoms with Gasteiger partial charge in [-0.25, -0.2) is 4.79 Å². The predicted octanol–water partition coefficient (Wildman–Crippen LogP) is -0.704. The molecule has 0 aliphatic carbocycles. The van der Waals surface area contributed by atoms with Gasteiger partial charge in [-0.15, -0.1) is 0 Å². The largest absolute Gasteiger partial charge is 0.467 e. The van der Waals surface area contributed by atoms with Crippen molar-refractivity contribution in [1.29, 1.82) is 0 Å². The van der Waals surface area contributed by atoms with Crippen LogP contribution in [-0.4, -0.2) is 42.5 Å². The minimum absolute atomic E-state index is 0.112. The molecule has 0 bridgehead atoms. The summed E-state index contributed by atoms with van der Waals surface area (Å²) in [5.74, 6) is -1.46. The van der Waals surface area contributed by atoms with Gasteiger partial charge in [-0.05, 0) is 33.6 Å². The Labute approximate surface area is 118 Å². The summed E-state index contributed by atoms with van der Waals surface area (Å²) >= 11 is 0. The van der Waals surface area contributed by atoms with Crippen LogP contribution in [0.25, 0.3) is 0 Å². The highest BCUT2D eigenvalue weighted by Gasteiger charge is 2.40. The third kappa shape index (κ3) is 4.19. The Morgan fingerprint density at radius 1 is 1.55 bits per heavy atom.